The number of urea groups is 1. The van der Waals surface area contributed by atoms with Crippen molar-refractivity contribution in [3.63, 3.8) is 0 Å². The Labute approximate surface area is 139 Å². The molecule has 0 saturated heterocycles. The fourth-order valence-electron chi connectivity index (χ4n) is 2.56. The van der Waals surface area contributed by atoms with Crippen LogP contribution in [0.25, 0.3) is 10.9 Å². The number of carbonyl (C=O) groups excluding carboxylic acids is 1. The van der Waals surface area contributed by atoms with Gasteiger partial charge in [0.05, 0.1) is 23.5 Å². The first-order chi connectivity index (χ1) is 11.7. The fourth-order valence-corrected chi connectivity index (χ4v) is 2.56. The van der Waals surface area contributed by atoms with Gasteiger partial charge >= 0.3 is 6.03 Å². The highest BCUT2D eigenvalue weighted by Crippen LogP contribution is 2.26. The lowest BCUT2D eigenvalue weighted by molar-refractivity contribution is 0.188. The van der Waals surface area contributed by atoms with Gasteiger partial charge in [0.1, 0.15) is 5.82 Å². The first-order valence-corrected chi connectivity index (χ1v) is 7.58. The van der Waals surface area contributed by atoms with Crippen molar-refractivity contribution < 1.29 is 13.9 Å². The van der Waals surface area contributed by atoms with Crippen molar-refractivity contribution in [2.24, 2.45) is 0 Å². The third-order valence-corrected chi connectivity index (χ3v) is 3.70. The molecule has 0 atom stereocenters. The zero-order valence-corrected chi connectivity index (χ0v) is 13.3. The number of nitrogens with one attached hydrogen (secondary N) is 2. The average Bonchev–Trinajstić information content (AvgIpc) is 2.93. The van der Waals surface area contributed by atoms with E-state index < -0.39 is 11.8 Å². The number of ether oxygens (including phenoxy) is 1. The number of methoxy groups -OCH3 is 1. The molecular formula is C18H18FN3O2. The van der Waals surface area contributed by atoms with Crippen LogP contribution >= 0.6 is 0 Å². The largest absolute Gasteiger partial charge is 0.383 e. The zero-order chi connectivity index (χ0) is 16.9. The summed E-state index contributed by atoms with van der Waals surface area (Å²) in [6.07, 6.45) is 1.85. The summed E-state index contributed by atoms with van der Waals surface area (Å²) in [6.45, 7) is 1.24. The molecule has 0 fully saturated rings. The van der Waals surface area contributed by atoms with Gasteiger partial charge in [-0.25, -0.2) is 9.18 Å². The highest BCUT2D eigenvalue weighted by Gasteiger charge is 2.12. The fraction of sp³-hybridized carbons (Fsp3) is 0.167. The maximum absolute atomic E-state index is 13.6. The van der Waals surface area contributed by atoms with Gasteiger partial charge in [-0.15, -0.1) is 0 Å². The normalized spacial score (nSPS) is 10.8. The monoisotopic (exact) mass is 327 g/mol. The lowest BCUT2D eigenvalue weighted by Gasteiger charge is -2.07. The van der Waals surface area contributed by atoms with Gasteiger partial charge in [-0.05, 0) is 18.2 Å². The minimum atomic E-state index is -0.491. The molecule has 124 valence electrons. The van der Waals surface area contributed by atoms with E-state index in [1.54, 1.807) is 19.2 Å². The molecule has 6 heteroatoms. The number of halogens is 1. The average molecular weight is 327 g/mol. The van der Waals surface area contributed by atoms with Gasteiger partial charge in [-0.2, -0.15) is 0 Å². The first-order valence-electron chi connectivity index (χ1n) is 7.58. The molecule has 0 aliphatic carbocycles. The van der Waals surface area contributed by atoms with Gasteiger partial charge in [0.25, 0.3) is 0 Å². The second-order valence-corrected chi connectivity index (χ2v) is 5.31. The Morgan fingerprint density at radius 1 is 1.08 bits per heavy atom. The van der Waals surface area contributed by atoms with Crippen molar-refractivity contribution in [2.45, 2.75) is 6.54 Å². The zero-order valence-electron chi connectivity index (χ0n) is 13.3. The van der Waals surface area contributed by atoms with Gasteiger partial charge in [0.15, 0.2) is 0 Å². The van der Waals surface area contributed by atoms with E-state index in [-0.39, 0.29) is 5.69 Å². The predicted octanol–water partition coefficient (Wildman–Crippen LogP) is 4.07. The smallest absolute Gasteiger partial charge is 0.323 e. The van der Waals surface area contributed by atoms with Crippen LogP contribution < -0.4 is 10.6 Å². The van der Waals surface area contributed by atoms with E-state index in [1.807, 2.05) is 35.0 Å². The van der Waals surface area contributed by atoms with Crippen molar-refractivity contribution in [2.75, 3.05) is 24.4 Å². The molecule has 1 aromatic heterocycles. The SMILES string of the molecule is COCCn1cc(NC(=O)Nc2ccccc2F)c2ccccc21. The van der Waals surface area contributed by atoms with E-state index in [1.165, 1.54) is 12.1 Å². The third kappa shape index (κ3) is 3.38. The molecule has 1 heterocycles. The second kappa shape index (κ2) is 7.14. The van der Waals surface area contributed by atoms with Crippen molar-refractivity contribution in [1.29, 1.82) is 0 Å². The molecule has 3 aromatic rings. The number of hydrogen-bond donors (Lipinski definition) is 2. The summed E-state index contributed by atoms with van der Waals surface area (Å²) < 4.78 is 20.8. The minimum absolute atomic E-state index is 0.137. The summed E-state index contributed by atoms with van der Waals surface area (Å²) in [5.74, 6) is -0.477. The Hall–Kier alpha value is -2.86. The van der Waals surface area contributed by atoms with Gasteiger partial charge in [-0.1, -0.05) is 30.3 Å². The molecule has 0 spiro atoms. The lowest BCUT2D eigenvalue weighted by Crippen LogP contribution is -2.20. The van der Waals surface area contributed by atoms with E-state index in [4.69, 9.17) is 4.74 Å². The Bertz CT molecular complexity index is 860. The molecule has 0 bridgehead atoms. The van der Waals surface area contributed by atoms with E-state index in [9.17, 15) is 9.18 Å². The van der Waals surface area contributed by atoms with Crippen molar-refractivity contribution in [3.05, 3.63) is 60.5 Å². The minimum Gasteiger partial charge on any atom is -0.383 e. The van der Waals surface area contributed by atoms with Crippen molar-refractivity contribution in [3.8, 4) is 0 Å². The Morgan fingerprint density at radius 2 is 1.79 bits per heavy atom. The van der Waals surface area contributed by atoms with E-state index >= 15 is 0 Å². The molecular weight excluding hydrogens is 309 g/mol. The van der Waals surface area contributed by atoms with E-state index in [0.29, 0.717) is 18.8 Å². The topological polar surface area (TPSA) is 55.3 Å². The standard InChI is InChI=1S/C18H18FN3O2/c1-24-11-10-22-12-16(13-6-2-5-9-17(13)22)21-18(23)20-15-8-4-3-7-14(15)19/h2-9,12H,10-11H2,1H3,(H2,20,21,23). The van der Waals surface area contributed by atoms with Crippen molar-refractivity contribution in [1.82, 2.24) is 4.57 Å². The number of para-hydroxylation sites is 2. The maximum Gasteiger partial charge on any atom is 0.323 e. The summed E-state index contributed by atoms with van der Waals surface area (Å²) >= 11 is 0. The number of nitrogens with zero attached hydrogens (tertiary/aromatic N) is 1. The number of amides is 2. The third-order valence-electron chi connectivity index (χ3n) is 3.70. The number of hydrogen-bond acceptors (Lipinski definition) is 2. The van der Waals surface area contributed by atoms with Gasteiger partial charge in [0.2, 0.25) is 0 Å². The summed E-state index contributed by atoms with van der Waals surface area (Å²) in [5.41, 5.74) is 1.80. The van der Waals surface area contributed by atoms with E-state index in [2.05, 4.69) is 10.6 Å². The van der Waals surface area contributed by atoms with Crippen LogP contribution in [0.3, 0.4) is 0 Å². The molecule has 0 unspecified atom stereocenters. The Morgan fingerprint density at radius 3 is 2.58 bits per heavy atom. The van der Waals surface area contributed by atoms with E-state index in [0.717, 1.165) is 10.9 Å². The van der Waals surface area contributed by atoms with Crippen molar-refractivity contribution >= 4 is 28.3 Å². The Balaban J connectivity index is 1.82. The number of fused-ring (bicyclic) bond motifs is 1. The molecule has 5 nitrogen and oxygen atoms in total. The van der Waals surface area contributed by atoms with Gasteiger partial charge in [0, 0.05) is 25.2 Å². The quantitative estimate of drug-likeness (QED) is 0.742. The predicted molar refractivity (Wildman–Crippen MR) is 92.9 cm³/mol. The first kappa shape index (κ1) is 16.0. The number of benzene rings is 2. The van der Waals surface area contributed by atoms with Crippen LogP contribution in [0.5, 0.6) is 0 Å². The molecule has 2 N–H and O–H groups in total. The van der Waals surface area contributed by atoms with Crippen LogP contribution in [0.15, 0.2) is 54.7 Å². The number of anilines is 2. The molecule has 3 rings (SSSR count). The highest BCUT2D eigenvalue weighted by molar-refractivity contribution is 6.06. The summed E-state index contributed by atoms with van der Waals surface area (Å²) in [6, 6.07) is 13.3. The van der Waals surface area contributed by atoms with Crippen LogP contribution in [0, 0.1) is 5.82 Å². The number of aromatic nitrogens is 1. The molecule has 2 aromatic carbocycles. The van der Waals surface area contributed by atoms with Crippen LogP contribution in [0.1, 0.15) is 0 Å². The summed E-state index contributed by atoms with van der Waals surface area (Å²) in [4.78, 5) is 12.2. The van der Waals surface area contributed by atoms with Crippen LogP contribution in [0.4, 0.5) is 20.6 Å². The summed E-state index contributed by atoms with van der Waals surface area (Å²) in [7, 11) is 1.65. The molecule has 24 heavy (non-hydrogen) atoms. The highest BCUT2D eigenvalue weighted by atomic mass is 19.1. The molecule has 0 aliphatic rings. The molecule has 0 saturated carbocycles. The number of rotatable bonds is 5. The molecule has 0 aliphatic heterocycles. The molecule has 0 radical (unpaired) electrons. The summed E-state index contributed by atoms with van der Waals surface area (Å²) in [5, 5.41) is 6.21. The lowest BCUT2D eigenvalue weighted by atomic mass is 10.2. The van der Waals surface area contributed by atoms with Crippen LogP contribution in [0.2, 0.25) is 0 Å². The van der Waals surface area contributed by atoms with Crippen LogP contribution in [-0.2, 0) is 11.3 Å². The maximum atomic E-state index is 13.6. The van der Waals surface area contributed by atoms with Gasteiger partial charge < -0.3 is 19.9 Å². The molecule has 2 amide bonds. The number of carbonyl (C=O) groups is 1. The van der Waals surface area contributed by atoms with Crippen LogP contribution in [-0.4, -0.2) is 24.3 Å². The van der Waals surface area contributed by atoms with Gasteiger partial charge in [-0.3, -0.25) is 0 Å². The Kier molecular flexibility index (Phi) is 4.77. The second-order valence-electron chi connectivity index (χ2n) is 5.31.